The van der Waals surface area contributed by atoms with Crippen LogP contribution in [0.25, 0.3) is 0 Å². The van der Waals surface area contributed by atoms with Gasteiger partial charge in [-0.2, -0.15) is 0 Å². The van der Waals surface area contributed by atoms with E-state index in [-0.39, 0.29) is 5.91 Å². The summed E-state index contributed by atoms with van der Waals surface area (Å²) in [6.45, 7) is 2.16. The third-order valence-corrected chi connectivity index (χ3v) is 3.92. The summed E-state index contributed by atoms with van der Waals surface area (Å²) in [5.41, 5.74) is 0.582. The van der Waals surface area contributed by atoms with Crippen molar-refractivity contribution in [3.05, 3.63) is 11.1 Å². The third-order valence-electron chi connectivity index (χ3n) is 3.01. The number of aromatic nitrogens is 1. The molecule has 0 radical (unpaired) electrons. The van der Waals surface area contributed by atoms with Crippen LogP contribution in [-0.4, -0.2) is 30.0 Å². The van der Waals surface area contributed by atoms with Gasteiger partial charge in [-0.25, -0.2) is 4.98 Å². The fourth-order valence-corrected chi connectivity index (χ4v) is 2.77. The SMILES string of the molecule is O=C(NC1CC1)c1csc(N2CCCC2)n1. The molecule has 1 amide bonds. The second-order valence-corrected chi connectivity index (χ2v) is 5.29. The average molecular weight is 237 g/mol. The van der Waals surface area contributed by atoms with E-state index in [0.717, 1.165) is 31.1 Å². The predicted octanol–water partition coefficient (Wildman–Crippen LogP) is 1.64. The van der Waals surface area contributed by atoms with Gasteiger partial charge in [0.1, 0.15) is 5.69 Å². The zero-order valence-electron chi connectivity index (χ0n) is 9.11. The predicted molar refractivity (Wildman–Crippen MR) is 64.0 cm³/mol. The summed E-state index contributed by atoms with van der Waals surface area (Å²) < 4.78 is 0. The molecule has 1 aliphatic carbocycles. The minimum atomic E-state index is -0.0100. The van der Waals surface area contributed by atoms with Crippen molar-refractivity contribution >= 4 is 22.4 Å². The maximum atomic E-state index is 11.7. The van der Waals surface area contributed by atoms with Gasteiger partial charge in [-0.1, -0.05) is 0 Å². The molecule has 2 fully saturated rings. The van der Waals surface area contributed by atoms with E-state index >= 15 is 0 Å². The highest BCUT2D eigenvalue weighted by atomic mass is 32.1. The molecule has 3 rings (SSSR count). The van der Waals surface area contributed by atoms with Crippen LogP contribution in [0.15, 0.2) is 5.38 Å². The largest absolute Gasteiger partial charge is 0.348 e. The number of amides is 1. The molecule has 1 saturated carbocycles. The number of nitrogens with one attached hydrogen (secondary N) is 1. The fourth-order valence-electron chi connectivity index (χ4n) is 1.91. The van der Waals surface area contributed by atoms with Gasteiger partial charge in [-0.05, 0) is 25.7 Å². The summed E-state index contributed by atoms with van der Waals surface area (Å²) in [7, 11) is 0. The second kappa shape index (κ2) is 4.05. The molecular formula is C11H15N3OS. The highest BCUT2D eigenvalue weighted by molar-refractivity contribution is 7.13. The molecule has 16 heavy (non-hydrogen) atoms. The van der Waals surface area contributed by atoms with E-state index in [0.29, 0.717) is 11.7 Å². The molecular weight excluding hydrogens is 222 g/mol. The molecule has 0 atom stereocenters. The van der Waals surface area contributed by atoms with Gasteiger partial charge < -0.3 is 10.2 Å². The standard InChI is InChI=1S/C11H15N3OS/c15-10(12-8-3-4-8)9-7-16-11(13-9)14-5-1-2-6-14/h7-8H,1-6H2,(H,12,15). The van der Waals surface area contributed by atoms with Gasteiger partial charge in [0.25, 0.3) is 5.91 Å². The topological polar surface area (TPSA) is 45.2 Å². The first-order valence-corrected chi connectivity index (χ1v) is 6.72. The molecule has 1 aromatic rings. The highest BCUT2D eigenvalue weighted by Gasteiger charge is 2.25. The summed E-state index contributed by atoms with van der Waals surface area (Å²) in [4.78, 5) is 18.4. The third kappa shape index (κ3) is 2.04. The van der Waals surface area contributed by atoms with E-state index in [2.05, 4.69) is 15.2 Å². The molecule has 86 valence electrons. The number of hydrogen-bond acceptors (Lipinski definition) is 4. The Labute approximate surface area is 98.7 Å². The number of rotatable bonds is 3. The molecule has 1 aromatic heterocycles. The minimum absolute atomic E-state index is 0.0100. The summed E-state index contributed by atoms with van der Waals surface area (Å²) in [5, 5.41) is 5.83. The highest BCUT2D eigenvalue weighted by Crippen LogP contribution is 2.25. The van der Waals surface area contributed by atoms with E-state index in [1.807, 2.05) is 5.38 Å². The van der Waals surface area contributed by atoms with Crippen molar-refractivity contribution in [1.82, 2.24) is 10.3 Å². The molecule has 0 unspecified atom stereocenters. The van der Waals surface area contributed by atoms with Crippen LogP contribution in [-0.2, 0) is 0 Å². The van der Waals surface area contributed by atoms with Crippen molar-refractivity contribution < 1.29 is 4.79 Å². The summed E-state index contributed by atoms with van der Waals surface area (Å²) in [5.74, 6) is -0.0100. The van der Waals surface area contributed by atoms with Gasteiger partial charge in [0.2, 0.25) is 0 Å². The van der Waals surface area contributed by atoms with Crippen LogP contribution in [0.4, 0.5) is 5.13 Å². The van der Waals surface area contributed by atoms with Crippen LogP contribution in [0, 0.1) is 0 Å². The molecule has 0 spiro atoms. The van der Waals surface area contributed by atoms with Crippen molar-refractivity contribution in [3.63, 3.8) is 0 Å². The zero-order valence-corrected chi connectivity index (χ0v) is 9.92. The van der Waals surface area contributed by atoms with Crippen molar-refractivity contribution in [2.45, 2.75) is 31.7 Å². The minimum Gasteiger partial charge on any atom is -0.348 e. The number of nitrogens with zero attached hydrogens (tertiary/aromatic N) is 2. The molecule has 0 bridgehead atoms. The van der Waals surface area contributed by atoms with E-state index in [9.17, 15) is 4.79 Å². The number of thiazole rings is 1. The maximum absolute atomic E-state index is 11.7. The van der Waals surface area contributed by atoms with Crippen LogP contribution >= 0.6 is 11.3 Å². The molecule has 1 N–H and O–H groups in total. The Morgan fingerprint density at radius 3 is 2.88 bits per heavy atom. The molecule has 0 aromatic carbocycles. The number of carbonyl (C=O) groups is 1. The lowest BCUT2D eigenvalue weighted by Gasteiger charge is -2.12. The summed E-state index contributed by atoms with van der Waals surface area (Å²) in [6.07, 6.45) is 4.72. The Hall–Kier alpha value is -1.10. The summed E-state index contributed by atoms with van der Waals surface area (Å²) >= 11 is 1.58. The lowest BCUT2D eigenvalue weighted by molar-refractivity contribution is 0.0947. The molecule has 5 heteroatoms. The van der Waals surface area contributed by atoms with Gasteiger partial charge in [-0.3, -0.25) is 4.79 Å². The van der Waals surface area contributed by atoms with Gasteiger partial charge >= 0.3 is 0 Å². The first-order chi connectivity index (χ1) is 7.83. The lowest BCUT2D eigenvalue weighted by atomic mass is 10.4. The van der Waals surface area contributed by atoms with Gasteiger partial charge in [-0.15, -0.1) is 11.3 Å². The van der Waals surface area contributed by atoms with Gasteiger partial charge in [0.05, 0.1) is 0 Å². The Morgan fingerprint density at radius 2 is 2.19 bits per heavy atom. The van der Waals surface area contributed by atoms with Crippen molar-refractivity contribution in [2.24, 2.45) is 0 Å². The number of carbonyl (C=O) groups excluding carboxylic acids is 1. The van der Waals surface area contributed by atoms with Crippen molar-refractivity contribution in [1.29, 1.82) is 0 Å². The van der Waals surface area contributed by atoms with E-state index in [1.54, 1.807) is 11.3 Å². The molecule has 1 aliphatic heterocycles. The Morgan fingerprint density at radius 1 is 1.44 bits per heavy atom. The average Bonchev–Trinajstić information content (AvgIpc) is 2.84. The van der Waals surface area contributed by atoms with Crippen LogP contribution in [0.3, 0.4) is 0 Å². The molecule has 2 aliphatic rings. The van der Waals surface area contributed by atoms with Crippen LogP contribution in [0.1, 0.15) is 36.2 Å². The number of hydrogen-bond donors (Lipinski definition) is 1. The zero-order chi connectivity index (χ0) is 11.0. The van der Waals surface area contributed by atoms with E-state index in [1.165, 1.54) is 12.8 Å². The monoisotopic (exact) mass is 237 g/mol. The van der Waals surface area contributed by atoms with Crippen LogP contribution < -0.4 is 10.2 Å². The van der Waals surface area contributed by atoms with Crippen molar-refractivity contribution in [2.75, 3.05) is 18.0 Å². The van der Waals surface area contributed by atoms with Crippen molar-refractivity contribution in [3.8, 4) is 0 Å². The van der Waals surface area contributed by atoms with Crippen LogP contribution in [0.5, 0.6) is 0 Å². The van der Waals surface area contributed by atoms with Gasteiger partial charge in [0, 0.05) is 24.5 Å². The first-order valence-electron chi connectivity index (χ1n) is 5.84. The normalized spacial score (nSPS) is 20.1. The van der Waals surface area contributed by atoms with E-state index < -0.39 is 0 Å². The Balaban J connectivity index is 1.68. The molecule has 2 heterocycles. The molecule has 4 nitrogen and oxygen atoms in total. The number of anilines is 1. The Kier molecular flexibility index (Phi) is 2.55. The van der Waals surface area contributed by atoms with E-state index in [4.69, 9.17) is 0 Å². The van der Waals surface area contributed by atoms with Gasteiger partial charge in [0.15, 0.2) is 5.13 Å². The summed E-state index contributed by atoms with van der Waals surface area (Å²) in [6, 6.07) is 0.407. The maximum Gasteiger partial charge on any atom is 0.271 e. The quantitative estimate of drug-likeness (QED) is 0.869. The smallest absolute Gasteiger partial charge is 0.271 e. The van der Waals surface area contributed by atoms with Crippen LogP contribution in [0.2, 0.25) is 0 Å². The second-order valence-electron chi connectivity index (χ2n) is 4.46. The first kappa shape index (κ1) is 10.1. The lowest BCUT2D eigenvalue weighted by Crippen LogP contribution is -2.26. The Bertz CT molecular complexity index is 394. The fraction of sp³-hybridized carbons (Fsp3) is 0.636. The molecule has 1 saturated heterocycles.